The van der Waals surface area contributed by atoms with Crippen LogP contribution in [0, 0.1) is 12.8 Å². The van der Waals surface area contributed by atoms with E-state index in [0.29, 0.717) is 5.02 Å². The molecule has 4 heteroatoms. The molecule has 0 spiro atoms. The van der Waals surface area contributed by atoms with Crippen molar-refractivity contribution in [3.63, 3.8) is 0 Å². The fourth-order valence-corrected chi connectivity index (χ4v) is 2.36. The minimum absolute atomic E-state index is 0.0249. The number of anilines is 1. The molecule has 100 valence electrons. The zero-order valence-corrected chi connectivity index (χ0v) is 13.4. The lowest BCUT2D eigenvalue weighted by Crippen LogP contribution is -2.20. The Morgan fingerprint density at radius 1 is 1.50 bits per heavy atom. The van der Waals surface area contributed by atoms with Gasteiger partial charge in [0.05, 0.1) is 5.69 Å². The quantitative estimate of drug-likeness (QED) is 0.791. The SMILES string of the molecule is CCCCC(C)C(=O)Nc1cc(Cl)c(C)cc1Br. The Bertz CT molecular complexity index is 434. The Hall–Kier alpha value is -0.540. The van der Waals surface area contributed by atoms with Crippen LogP contribution in [0.2, 0.25) is 5.02 Å². The van der Waals surface area contributed by atoms with E-state index in [4.69, 9.17) is 11.6 Å². The highest BCUT2D eigenvalue weighted by atomic mass is 79.9. The number of amides is 1. The van der Waals surface area contributed by atoms with Gasteiger partial charge in [0, 0.05) is 15.4 Å². The van der Waals surface area contributed by atoms with Gasteiger partial charge in [-0.2, -0.15) is 0 Å². The Morgan fingerprint density at radius 3 is 2.78 bits per heavy atom. The summed E-state index contributed by atoms with van der Waals surface area (Å²) in [6.07, 6.45) is 3.10. The maximum Gasteiger partial charge on any atom is 0.227 e. The molecule has 0 saturated heterocycles. The van der Waals surface area contributed by atoms with Gasteiger partial charge in [-0.3, -0.25) is 4.79 Å². The highest BCUT2D eigenvalue weighted by molar-refractivity contribution is 9.10. The smallest absolute Gasteiger partial charge is 0.227 e. The molecule has 0 aliphatic rings. The topological polar surface area (TPSA) is 29.1 Å². The molecule has 0 bridgehead atoms. The van der Waals surface area contributed by atoms with E-state index in [1.54, 1.807) is 6.07 Å². The van der Waals surface area contributed by atoms with Gasteiger partial charge in [-0.1, -0.05) is 38.3 Å². The second kappa shape index (κ2) is 7.15. The van der Waals surface area contributed by atoms with Crippen molar-refractivity contribution < 1.29 is 4.79 Å². The molecule has 1 atom stereocenters. The van der Waals surface area contributed by atoms with E-state index < -0.39 is 0 Å². The number of unbranched alkanes of at least 4 members (excludes halogenated alkanes) is 1. The molecule has 1 rings (SSSR count). The third-order valence-corrected chi connectivity index (χ3v) is 4.01. The van der Waals surface area contributed by atoms with Crippen LogP contribution in [-0.2, 0) is 4.79 Å². The Labute approximate surface area is 122 Å². The van der Waals surface area contributed by atoms with E-state index in [2.05, 4.69) is 28.2 Å². The molecule has 0 aliphatic carbocycles. The highest BCUT2D eigenvalue weighted by Gasteiger charge is 2.14. The molecule has 2 nitrogen and oxygen atoms in total. The Balaban J connectivity index is 2.72. The predicted molar refractivity (Wildman–Crippen MR) is 81.2 cm³/mol. The van der Waals surface area contributed by atoms with Crippen molar-refractivity contribution in [2.75, 3.05) is 5.32 Å². The normalized spacial score (nSPS) is 12.3. The third-order valence-electron chi connectivity index (χ3n) is 2.94. The maximum atomic E-state index is 12.0. The minimum atomic E-state index is 0.0249. The lowest BCUT2D eigenvalue weighted by atomic mass is 10.0. The average Bonchev–Trinajstić information content (AvgIpc) is 2.32. The van der Waals surface area contributed by atoms with Crippen LogP contribution in [0.3, 0.4) is 0 Å². The number of carbonyl (C=O) groups excluding carboxylic acids is 1. The first kappa shape index (κ1) is 15.5. The monoisotopic (exact) mass is 331 g/mol. The molecule has 0 heterocycles. The average molecular weight is 333 g/mol. The summed E-state index contributed by atoms with van der Waals surface area (Å²) in [6.45, 7) is 6.01. The van der Waals surface area contributed by atoms with Gasteiger partial charge in [0.1, 0.15) is 0 Å². The van der Waals surface area contributed by atoms with E-state index in [0.717, 1.165) is 35.0 Å². The molecular weight excluding hydrogens is 314 g/mol. The van der Waals surface area contributed by atoms with Crippen molar-refractivity contribution in [1.29, 1.82) is 0 Å². The second-order valence-electron chi connectivity index (χ2n) is 4.61. The number of hydrogen-bond donors (Lipinski definition) is 1. The number of nitrogens with one attached hydrogen (secondary N) is 1. The molecule has 1 unspecified atom stereocenters. The summed E-state index contributed by atoms with van der Waals surface area (Å²) in [5, 5.41) is 3.58. The van der Waals surface area contributed by atoms with Crippen LogP contribution in [0.5, 0.6) is 0 Å². The van der Waals surface area contributed by atoms with E-state index in [1.165, 1.54) is 0 Å². The standard InChI is InChI=1S/C14H19BrClNO/c1-4-5-6-9(2)14(18)17-13-8-12(16)10(3)7-11(13)15/h7-9H,4-6H2,1-3H3,(H,17,18). The van der Waals surface area contributed by atoms with Crippen LogP contribution in [0.4, 0.5) is 5.69 Å². The van der Waals surface area contributed by atoms with E-state index in [-0.39, 0.29) is 11.8 Å². The molecule has 1 amide bonds. The first-order valence-electron chi connectivity index (χ1n) is 6.22. The largest absolute Gasteiger partial charge is 0.325 e. The molecule has 0 radical (unpaired) electrons. The summed E-state index contributed by atoms with van der Waals surface area (Å²) in [7, 11) is 0. The van der Waals surface area contributed by atoms with Gasteiger partial charge in [-0.15, -0.1) is 0 Å². The predicted octanol–water partition coefficient (Wildman–Crippen LogP) is 5.18. The molecule has 0 saturated carbocycles. The molecule has 0 fully saturated rings. The van der Waals surface area contributed by atoms with Crippen LogP contribution < -0.4 is 5.32 Å². The second-order valence-corrected chi connectivity index (χ2v) is 5.88. The van der Waals surface area contributed by atoms with Crippen LogP contribution in [-0.4, -0.2) is 5.91 Å². The van der Waals surface area contributed by atoms with Crippen LogP contribution in [0.1, 0.15) is 38.7 Å². The molecule has 1 aromatic carbocycles. The molecule has 1 aromatic rings. The first-order valence-corrected chi connectivity index (χ1v) is 7.39. The summed E-state index contributed by atoms with van der Waals surface area (Å²) in [5.74, 6) is 0.0704. The number of aryl methyl sites for hydroxylation is 1. The van der Waals surface area contributed by atoms with E-state index >= 15 is 0 Å². The highest BCUT2D eigenvalue weighted by Crippen LogP contribution is 2.29. The zero-order valence-electron chi connectivity index (χ0n) is 11.0. The van der Waals surface area contributed by atoms with Gasteiger partial charge in [0.25, 0.3) is 0 Å². The van der Waals surface area contributed by atoms with Gasteiger partial charge >= 0.3 is 0 Å². The maximum absolute atomic E-state index is 12.0. The summed E-state index contributed by atoms with van der Waals surface area (Å²) in [5.41, 5.74) is 1.72. The number of halogens is 2. The fourth-order valence-electron chi connectivity index (χ4n) is 1.64. The fraction of sp³-hybridized carbons (Fsp3) is 0.500. The summed E-state index contributed by atoms with van der Waals surface area (Å²) in [4.78, 5) is 12.0. The molecule has 18 heavy (non-hydrogen) atoms. The van der Waals surface area contributed by atoms with E-state index in [1.807, 2.05) is 19.9 Å². The third kappa shape index (κ3) is 4.29. The van der Waals surface area contributed by atoms with Crippen LogP contribution in [0.25, 0.3) is 0 Å². The van der Waals surface area contributed by atoms with Crippen molar-refractivity contribution in [1.82, 2.24) is 0 Å². The lowest BCUT2D eigenvalue weighted by molar-refractivity contribution is -0.119. The molecule has 0 aliphatic heterocycles. The minimum Gasteiger partial charge on any atom is -0.325 e. The first-order chi connectivity index (χ1) is 8.45. The number of benzene rings is 1. The lowest BCUT2D eigenvalue weighted by Gasteiger charge is -2.13. The number of carbonyl (C=O) groups is 1. The Morgan fingerprint density at radius 2 is 2.17 bits per heavy atom. The summed E-state index contributed by atoms with van der Waals surface area (Å²) < 4.78 is 0.862. The van der Waals surface area contributed by atoms with Gasteiger partial charge in [0.2, 0.25) is 5.91 Å². The van der Waals surface area contributed by atoms with Gasteiger partial charge in [0.15, 0.2) is 0 Å². The molecule has 1 N–H and O–H groups in total. The number of hydrogen-bond acceptors (Lipinski definition) is 1. The summed E-state index contributed by atoms with van der Waals surface area (Å²) in [6, 6.07) is 3.69. The van der Waals surface area contributed by atoms with Gasteiger partial charge in [-0.05, 0) is 47.0 Å². The van der Waals surface area contributed by atoms with Crippen LogP contribution in [0.15, 0.2) is 16.6 Å². The van der Waals surface area contributed by atoms with Gasteiger partial charge in [-0.25, -0.2) is 0 Å². The van der Waals surface area contributed by atoms with Gasteiger partial charge < -0.3 is 5.32 Å². The van der Waals surface area contributed by atoms with Crippen molar-refractivity contribution in [3.05, 3.63) is 27.2 Å². The number of rotatable bonds is 5. The molecular formula is C14H19BrClNO. The van der Waals surface area contributed by atoms with Crippen LogP contribution >= 0.6 is 27.5 Å². The van der Waals surface area contributed by atoms with E-state index in [9.17, 15) is 4.79 Å². The van der Waals surface area contributed by atoms with Crippen molar-refractivity contribution in [2.45, 2.75) is 40.0 Å². The molecule has 0 aromatic heterocycles. The zero-order chi connectivity index (χ0) is 13.7. The van der Waals surface area contributed by atoms with Crippen molar-refractivity contribution in [3.8, 4) is 0 Å². The summed E-state index contributed by atoms with van der Waals surface area (Å²) >= 11 is 9.50. The van der Waals surface area contributed by atoms with Crippen molar-refractivity contribution in [2.24, 2.45) is 5.92 Å². The van der Waals surface area contributed by atoms with Crippen molar-refractivity contribution >= 4 is 39.1 Å². The Kier molecular flexibility index (Phi) is 6.16.